The number of amides is 2. The van der Waals surface area contributed by atoms with Gasteiger partial charge in [0.1, 0.15) is 5.71 Å². The van der Waals surface area contributed by atoms with Crippen LogP contribution >= 0.6 is 0 Å². The van der Waals surface area contributed by atoms with E-state index < -0.39 is 11.9 Å². The lowest BCUT2D eigenvalue weighted by Gasteiger charge is -2.14. The number of hydrogen-bond donors (Lipinski definition) is 2. The van der Waals surface area contributed by atoms with Crippen molar-refractivity contribution in [3.63, 3.8) is 0 Å². The molecule has 0 bridgehead atoms. The Hall–Kier alpha value is -2.70. The van der Waals surface area contributed by atoms with Crippen molar-refractivity contribution in [1.82, 2.24) is 5.43 Å². The zero-order chi connectivity index (χ0) is 15.4. The molecule has 2 rings (SSSR count). The van der Waals surface area contributed by atoms with Crippen LogP contribution in [0.15, 0.2) is 23.3 Å². The van der Waals surface area contributed by atoms with E-state index in [9.17, 15) is 14.4 Å². The van der Waals surface area contributed by atoms with Crippen LogP contribution in [0.4, 0.5) is 5.69 Å². The van der Waals surface area contributed by atoms with E-state index in [1.807, 2.05) is 0 Å². The monoisotopic (exact) mass is 289 g/mol. The molecule has 7 heteroatoms. The van der Waals surface area contributed by atoms with Gasteiger partial charge in [-0.05, 0) is 24.6 Å². The number of anilines is 1. The van der Waals surface area contributed by atoms with E-state index >= 15 is 0 Å². The highest BCUT2D eigenvalue weighted by molar-refractivity contribution is 6.43. The summed E-state index contributed by atoms with van der Waals surface area (Å²) in [7, 11) is 1.30. The molecule has 21 heavy (non-hydrogen) atoms. The first-order valence-corrected chi connectivity index (χ1v) is 6.37. The van der Waals surface area contributed by atoms with Crippen LogP contribution in [-0.2, 0) is 14.3 Å². The lowest BCUT2D eigenvalue weighted by molar-refractivity contribution is -0.121. The third kappa shape index (κ3) is 3.25. The lowest BCUT2D eigenvalue weighted by Crippen LogP contribution is -2.33. The molecule has 0 atom stereocenters. The van der Waals surface area contributed by atoms with Gasteiger partial charge in [-0.1, -0.05) is 6.07 Å². The number of carbonyl (C=O) groups is 3. The number of carbonyl (C=O) groups excluding carboxylic acids is 3. The van der Waals surface area contributed by atoms with Gasteiger partial charge < -0.3 is 10.1 Å². The molecule has 1 aromatic carbocycles. The van der Waals surface area contributed by atoms with Gasteiger partial charge in [-0.25, -0.2) is 10.2 Å². The summed E-state index contributed by atoms with van der Waals surface area (Å²) < 4.78 is 4.68. The van der Waals surface area contributed by atoms with Gasteiger partial charge in [0, 0.05) is 18.5 Å². The standard InChI is InChI=1S/C14H15N3O4/c1-8-9(14(20)21-2)4-3-5-10(8)15-13(19)11-6-7-12(18)17-16-11/h3-5H,6-7H2,1-2H3,(H,15,19)(H,17,18). The van der Waals surface area contributed by atoms with Gasteiger partial charge in [0.2, 0.25) is 5.91 Å². The van der Waals surface area contributed by atoms with Crippen LogP contribution in [0.2, 0.25) is 0 Å². The molecule has 1 aliphatic rings. The summed E-state index contributed by atoms with van der Waals surface area (Å²) in [5.74, 6) is -1.08. The van der Waals surface area contributed by atoms with Crippen LogP contribution in [-0.4, -0.2) is 30.6 Å². The molecule has 110 valence electrons. The molecular formula is C14H15N3O4. The molecule has 7 nitrogen and oxygen atoms in total. The summed E-state index contributed by atoms with van der Waals surface area (Å²) in [5.41, 5.74) is 4.01. The van der Waals surface area contributed by atoms with Gasteiger partial charge in [-0.15, -0.1) is 0 Å². The Morgan fingerprint density at radius 1 is 1.33 bits per heavy atom. The lowest BCUT2D eigenvalue weighted by atomic mass is 10.1. The van der Waals surface area contributed by atoms with E-state index in [1.54, 1.807) is 25.1 Å². The minimum absolute atomic E-state index is 0.213. The quantitative estimate of drug-likeness (QED) is 0.811. The minimum atomic E-state index is -0.467. The van der Waals surface area contributed by atoms with Gasteiger partial charge in [-0.3, -0.25) is 9.59 Å². The van der Waals surface area contributed by atoms with Crippen LogP contribution in [0, 0.1) is 6.92 Å². The highest BCUT2D eigenvalue weighted by atomic mass is 16.5. The minimum Gasteiger partial charge on any atom is -0.465 e. The molecule has 2 N–H and O–H groups in total. The van der Waals surface area contributed by atoms with E-state index in [-0.39, 0.29) is 24.5 Å². The number of benzene rings is 1. The number of ether oxygens (including phenoxy) is 1. The van der Waals surface area contributed by atoms with E-state index in [4.69, 9.17) is 0 Å². The number of nitrogens with one attached hydrogen (secondary N) is 2. The van der Waals surface area contributed by atoms with Gasteiger partial charge in [0.25, 0.3) is 5.91 Å². The number of hydrazone groups is 1. The molecule has 2 amide bonds. The number of nitrogens with zero attached hydrogens (tertiary/aromatic N) is 1. The maximum absolute atomic E-state index is 12.1. The molecule has 0 saturated carbocycles. The van der Waals surface area contributed by atoms with Crippen LogP contribution in [0.3, 0.4) is 0 Å². The predicted molar refractivity (Wildman–Crippen MR) is 76.0 cm³/mol. The predicted octanol–water partition coefficient (Wildman–Crippen LogP) is 0.986. The molecule has 0 unspecified atom stereocenters. The maximum atomic E-state index is 12.1. The fraction of sp³-hybridized carbons (Fsp3) is 0.286. The summed E-state index contributed by atoms with van der Waals surface area (Å²) >= 11 is 0. The average molecular weight is 289 g/mol. The molecule has 0 saturated heterocycles. The Morgan fingerprint density at radius 3 is 2.71 bits per heavy atom. The normalized spacial score (nSPS) is 14.0. The topological polar surface area (TPSA) is 96.9 Å². The van der Waals surface area contributed by atoms with Crippen molar-refractivity contribution in [3.8, 4) is 0 Å². The van der Waals surface area contributed by atoms with Crippen molar-refractivity contribution in [3.05, 3.63) is 29.3 Å². The van der Waals surface area contributed by atoms with Crippen LogP contribution in [0.5, 0.6) is 0 Å². The van der Waals surface area contributed by atoms with Crippen molar-refractivity contribution in [2.75, 3.05) is 12.4 Å². The Balaban J connectivity index is 2.18. The molecule has 0 fully saturated rings. The van der Waals surface area contributed by atoms with Crippen LogP contribution < -0.4 is 10.7 Å². The van der Waals surface area contributed by atoms with Crippen molar-refractivity contribution in [1.29, 1.82) is 0 Å². The van der Waals surface area contributed by atoms with E-state index in [0.29, 0.717) is 16.8 Å². The molecule has 1 aliphatic heterocycles. The van der Waals surface area contributed by atoms with Gasteiger partial charge in [0.05, 0.1) is 12.7 Å². The second-order valence-corrected chi connectivity index (χ2v) is 4.52. The van der Waals surface area contributed by atoms with Crippen LogP contribution in [0.25, 0.3) is 0 Å². The van der Waals surface area contributed by atoms with Gasteiger partial charge >= 0.3 is 5.97 Å². The van der Waals surface area contributed by atoms with E-state index in [1.165, 1.54) is 7.11 Å². The molecule has 1 heterocycles. The smallest absolute Gasteiger partial charge is 0.338 e. The second-order valence-electron chi connectivity index (χ2n) is 4.52. The third-order valence-corrected chi connectivity index (χ3v) is 3.15. The fourth-order valence-electron chi connectivity index (χ4n) is 1.93. The zero-order valence-electron chi connectivity index (χ0n) is 11.7. The highest BCUT2D eigenvalue weighted by Gasteiger charge is 2.20. The SMILES string of the molecule is COC(=O)c1cccc(NC(=O)C2=NNC(=O)CC2)c1C. The van der Waals surface area contributed by atoms with E-state index in [0.717, 1.165) is 0 Å². The average Bonchev–Trinajstić information content (AvgIpc) is 2.49. The number of esters is 1. The molecule has 0 radical (unpaired) electrons. The summed E-state index contributed by atoms with van der Waals surface area (Å²) in [4.78, 5) is 34.7. The Morgan fingerprint density at radius 2 is 2.10 bits per heavy atom. The summed E-state index contributed by atoms with van der Waals surface area (Å²) in [6.45, 7) is 1.71. The van der Waals surface area contributed by atoms with Crippen molar-refractivity contribution in [2.24, 2.45) is 5.10 Å². The largest absolute Gasteiger partial charge is 0.465 e. The van der Waals surface area contributed by atoms with Gasteiger partial charge in [0.15, 0.2) is 0 Å². The summed E-state index contributed by atoms with van der Waals surface area (Å²) in [6, 6.07) is 4.95. The van der Waals surface area contributed by atoms with Crippen molar-refractivity contribution >= 4 is 29.2 Å². The van der Waals surface area contributed by atoms with Gasteiger partial charge in [-0.2, -0.15) is 5.10 Å². The maximum Gasteiger partial charge on any atom is 0.338 e. The van der Waals surface area contributed by atoms with Crippen LogP contribution in [0.1, 0.15) is 28.8 Å². The molecular weight excluding hydrogens is 274 g/mol. The summed E-state index contributed by atoms with van der Waals surface area (Å²) in [5, 5.41) is 6.41. The van der Waals surface area contributed by atoms with Crippen molar-refractivity contribution in [2.45, 2.75) is 19.8 Å². The number of methoxy groups -OCH3 is 1. The second kappa shape index (κ2) is 6.17. The number of hydrogen-bond acceptors (Lipinski definition) is 5. The molecule has 0 spiro atoms. The Kier molecular flexibility index (Phi) is 4.32. The molecule has 1 aromatic rings. The zero-order valence-corrected chi connectivity index (χ0v) is 11.7. The number of rotatable bonds is 3. The first kappa shape index (κ1) is 14.7. The molecule has 0 aromatic heterocycles. The first-order valence-electron chi connectivity index (χ1n) is 6.37. The molecule has 0 aliphatic carbocycles. The Bertz CT molecular complexity index is 637. The summed E-state index contributed by atoms with van der Waals surface area (Å²) in [6.07, 6.45) is 0.515. The highest BCUT2D eigenvalue weighted by Crippen LogP contribution is 2.20. The first-order chi connectivity index (χ1) is 10.0. The van der Waals surface area contributed by atoms with E-state index in [2.05, 4.69) is 20.6 Å². The third-order valence-electron chi connectivity index (χ3n) is 3.15. The fourth-order valence-corrected chi connectivity index (χ4v) is 1.93. The Labute approximate surface area is 121 Å². The van der Waals surface area contributed by atoms with Crippen molar-refractivity contribution < 1.29 is 19.1 Å².